The summed E-state index contributed by atoms with van der Waals surface area (Å²) in [6.45, 7) is 7.48. The first-order valence-corrected chi connectivity index (χ1v) is 9.34. The van der Waals surface area contributed by atoms with Crippen LogP contribution >= 0.6 is 0 Å². The van der Waals surface area contributed by atoms with Gasteiger partial charge in [0.1, 0.15) is 6.10 Å². The van der Waals surface area contributed by atoms with E-state index in [2.05, 4.69) is 27.5 Å². The molecule has 2 fully saturated rings. The second-order valence-electron chi connectivity index (χ2n) is 7.20. The Balaban J connectivity index is 1.41. The van der Waals surface area contributed by atoms with Crippen molar-refractivity contribution in [3.05, 3.63) is 54.7 Å². The molecule has 26 heavy (non-hydrogen) atoms. The highest BCUT2D eigenvalue weighted by molar-refractivity contribution is 6.10. The number of fused-ring (bicyclic) bond motifs is 3. The van der Waals surface area contributed by atoms with Crippen molar-refractivity contribution in [1.29, 1.82) is 0 Å². The van der Waals surface area contributed by atoms with Crippen LogP contribution in [-0.4, -0.2) is 41.8 Å². The van der Waals surface area contributed by atoms with Crippen LogP contribution in [0.15, 0.2) is 54.1 Å². The number of piperidine rings is 2. The minimum absolute atomic E-state index is 0.234. The van der Waals surface area contributed by atoms with Gasteiger partial charge in [0.25, 0.3) is 0 Å². The number of benzene rings is 1. The molecule has 4 rings (SSSR count). The minimum atomic E-state index is 0.234. The maximum absolute atomic E-state index is 6.07. The Labute approximate surface area is 154 Å². The fourth-order valence-electron chi connectivity index (χ4n) is 4.09. The zero-order valence-corrected chi connectivity index (χ0v) is 15.0. The number of nitrogens with one attached hydrogen (secondary N) is 1. The van der Waals surface area contributed by atoms with Crippen molar-refractivity contribution in [2.45, 2.75) is 25.4 Å². The fraction of sp³-hybridized carbons (Fsp3) is 0.381. The maximum Gasteiger partial charge on any atom is 0.205 e. The molecule has 1 aromatic carbocycles. The van der Waals surface area contributed by atoms with Gasteiger partial charge in [0.15, 0.2) is 0 Å². The molecule has 3 N–H and O–H groups in total. The van der Waals surface area contributed by atoms with Crippen LogP contribution in [-0.2, 0) is 4.74 Å². The number of allylic oxidation sites excluding steroid dienone is 1. The summed E-state index contributed by atoms with van der Waals surface area (Å²) in [5, 5.41) is 1.15. The summed E-state index contributed by atoms with van der Waals surface area (Å²) in [7, 11) is 0. The normalized spacial score (nSPS) is 26.3. The SMILES string of the molecule is C=C(/N=C\C(=C/N)c1ccc2[nH]ccc2c1)O[C@H]1CCN2CCC[C@@H]1C2. The lowest BCUT2D eigenvalue weighted by Gasteiger charge is -2.42. The number of nitrogens with zero attached hydrogens (tertiary/aromatic N) is 2. The average molecular weight is 350 g/mol. The number of aliphatic imine (C=N–C) groups is 1. The highest BCUT2D eigenvalue weighted by Gasteiger charge is 2.33. The Morgan fingerprint density at radius 1 is 1.31 bits per heavy atom. The quantitative estimate of drug-likeness (QED) is 0.640. The van der Waals surface area contributed by atoms with Crippen LogP contribution in [0.2, 0.25) is 0 Å². The molecule has 2 aliphatic heterocycles. The van der Waals surface area contributed by atoms with Gasteiger partial charge in [-0.3, -0.25) is 0 Å². The van der Waals surface area contributed by atoms with Crippen LogP contribution < -0.4 is 5.73 Å². The van der Waals surface area contributed by atoms with Crippen molar-refractivity contribution in [1.82, 2.24) is 9.88 Å². The van der Waals surface area contributed by atoms with Crippen molar-refractivity contribution < 1.29 is 4.74 Å². The van der Waals surface area contributed by atoms with Crippen LogP contribution in [0.5, 0.6) is 0 Å². The Kier molecular flexibility index (Phi) is 4.80. The molecule has 2 aliphatic rings. The molecule has 5 nitrogen and oxygen atoms in total. The van der Waals surface area contributed by atoms with Crippen molar-refractivity contribution in [3.63, 3.8) is 0 Å². The molecule has 5 heteroatoms. The molecule has 1 unspecified atom stereocenters. The summed E-state index contributed by atoms with van der Waals surface area (Å²) in [6.07, 6.45) is 9.04. The van der Waals surface area contributed by atoms with E-state index in [1.54, 1.807) is 12.4 Å². The van der Waals surface area contributed by atoms with Gasteiger partial charge in [-0.1, -0.05) is 6.07 Å². The number of aromatic amines is 1. The molecule has 0 amide bonds. The summed E-state index contributed by atoms with van der Waals surface area (Å²) in [5.74, 6) is 1.07. The Hall–Kier alpha value is -2.53. The molecule has 2 bridgehead atoms. The second-order valence-corrected chi connectivity index (χ2v) is 7.20. The smallest absolute Gasteiger partial charge is 0.205 e. The lowest BCUT2D eigenvalue weighted by molar-refractivity contribution is -0.0204. The predicted octanol–water partition coefficient (Wildman–Crippen LogP) is 3.51. The van der Waals surface area contributed by atoms with Gasteiger partial charge < -0.3 is 20.4 Å². The van der Waals surface area contributed by atoms with Crippen LogP contribution in [0, 0.1) is 5.92 Å². The highest BCUT2D eigenvalue weighted by atomic mass is 16.5. The van der Waals surface area contributed by atoms with E-state index in [-0.39, 0.29) is 6.10 Å². The average Bonchev–Trinajstić information content (AvgIpc) is 3.13. The summed E-state index contributed by atoms with van der Waals surface area (Å²) in [5.41, 5.74) is 8.81. The molecule has 2 aromatic rings. The minimum Gasteiger partial charge on any atom is -0.474 e. The van der Waals surface area contributed by atoms with Gasteiger partial charge >= 0.3 is 0 Å². The van der Waals surface area contributed by atoms with Crippen LogP contribution in [0.3, 0.4) is 0 Å². The molecular weight excluding hydrogens is 324 g/mol. The highest BCUT2D eigenvalue weighted by Crippen LogP contribution is 2.30. The van der Waals surface area contributed by atoms with E-state index in [0.717, 1.165) is 41.5 Å². The number of hydrogen-bond donors (Lipinski definition) is 2. The molecule has 3 atom stereocenters. The van der Waals surface area contributed by atoms with Crippen molar-refractivity contribution in [3.8, 4) is 0 Å². The molecule has 2 saturated heterocycles. The largest absolute Gasteiger partial charge is 0.474 e. The van der Waals surface area contributed by atoms with E-state index in [9.17, 15) is 0 Å². The first-order valence-electron chi connectivity index (χ1n) is 9.34. The number of ether oxygens (including phenoxy) is 1. The van der Waals surface area contributed by atoms with Crippen molar-refractivity contribution in [2.24, 2.45) is 16.6 Å². The van der Waals surface area contributed by atoms with Crippen molar-refractivity contribution in [2.75, 3.05) is 19.6 Å². The Bertz CT molecular complexity index is 851. The Morgan fingerprint density at radius 3 is 3.12 bits per heavy atom. The molecular formula is C21H26N4O. The predicted molar refractivity (Wildman–Crippen MR) is 107 cm³/mol. The molecule has 1 aromatic heterocycles. The number of aromatic nitrogens is 1. The third-order valence-corrected chi connectivity index (χ3v) is 5.50. The van der Waals surface area contributed by atoms with Crippen LogP contribution in [0.25, 0.3) is 16.5 Å². The Morgan fingerprint density at radius 2 is 2.23 bits per heavy atom. The van der Waals surface area contributed by atoms with E-state index in [1.807, 2.05) is 24.4 Å². The summed E-state index contributed by atoms with van der Waals surface area (Å²) in [4.78, 5) is 10.2. The molecule has 3 heterocycles. The summed E-state index contributed by atoms with van der Waals surface area (Å²) >= 11 is 0. The number of hydrogen-bond acceptors (Lipinski definition) is 4. The molecule has 136 valence electrons. The van der Waals surface area contributed by atoms with E-state index >= 15 is 0 Å². The topological polar surface area (TPSA) is 66.6 Å². The van der Waals surface area contributed by atoms with Crippen LogP contribution in [0.1, 0.15) is 24.8 Å². The summed E-state index contributed by atoms with van der Waals surface area (Å²) < 4.78 is 6.07. The first kappa shape index (κ1) is 16.9. The number of rotatable bonds is 5. The van der Waals surface area contributed by atoms with E-state index < -0.39 is 0 Å². The molecule has 0 spiro atoms. The number of nitrogens with two attached hydrogens (primary N) is 1. The summed E-state index contributed by atoms with van der Waals surface area (Å²) in [6, 6.07) is 8.22. The van der Waals surface area contributed by atoms with Gasteiger partial charge in [-0.25, -0.2) is 4.99 Å². The monoisotopic (exact) mass is 350 g/mol. The molecule has 0 saturated carbocycles. The molecule has 0 aliphatic carbocycles. The van der Waals surface area contributed by atoms with Gasteiger partial charge in [-0.2, -0.15) is 0 Å². The number of H-pyrrole nitrogens is 1. The second kappa shape index (κ2) is 7.38. The van der Waals surface area contributed by atoms with Gasteiger partial charge in [-0.05, 0) is 61.5 Å². The lowest BCUT2D eigenvalue weighted by Crippen LogP contribution is -2.47. The first-order chi connectivity index (χ1) is 12.7. The third kappa shape index (κ3) is 3.53. The zero-order chi connectivity index (χ0) is 17.9. The van der Waals surface area contributed by atoms with Gasteiger partial charge in [0.2, 0.25) is 5.88 Å². The van der Waals surface area contributed by atoms with Gasteiger partial charge in [0.05, 0.1) is 0 Å². The molecule has 0 radical (unpaired) electrons. The standard InChI is InChI=1S/C21H26N4O/c1-15(26-21-7-10-25-9-2-3-18(21)14-25)24-13-19(12-22)16-4-5-20-17(11-16)6-8-23-20/h4-6,8,11-13,18,21,23H,1-3,7,9-10,14,22H2/b19-12+,24-13-/t18-,21+/m1/s1. The van der Waals surface area contributed by atoms with Gasteiger partial charge in [-0.15, -0.1) is 0 Å². The van der Waals surface area contributed by atoms with E-state index in [0.29, 0.717) is 11.8 Å². The zero-order valence-electron chi connectivity index (χ0n) is 15.0. The fourth-order valence-corrected chi connectivity index (χ4v) is 4.09. The van der Waals surface area contributed by atoms with Crippen LogP contribution in [0.4, 0.5) is 0 Å². The van der Waals surface area contributed by atoms with Crippen molar-refractivity contribution >= 4 is 22.7 Å². The third-order valence-electron chi connectivity index (χ3n) is 5.50. The lowest BCUT2D eigenvalue weighted by atomic mass is 9.87. The van der Waals surface area contributed by atoms with E-state index in [1.165, 1.54) is 19.4 Å². The van der Waals surface area contributed by atoms with Gasteiger partial charge in [0, 0.05) is 48.7 Å². The maximum atomic E-state index is 6.07. The van der Waals surface area contributed by atoms with E-state index in [4.69, 9.17) is 10.5 Å².